The highest BCUT2D eigenvalue weighted by atomic mass is 16.5. The smallest absolute Gasteiger partial charge is 0.238 e. The summed E-state index contributed by atoms with van der Waals surface area (Å²) in [6, 6.07) is 3.59. The first kappa shape index (κ1) is 13.5. The number of hydrogen-bond acceptors (Lipinski definition) is 5. The molecule has 2 fully saturated rings. The van der Waals surface area contributed by atoms with E-state index in [2.05, 4.69) is 10.1 Å². The van der Waals surface area contributed by atoms with Crippen molar-refractivity contribution >= 4 is 5.91 Å². The molecule has 3 heterocycles. The Morgan fingerprint density at radius 3 is 2.77 bits per heavy atom. The van der Waals surface area contributed by atoms with E-state index in [9.17, 15) is 4.79 Å². The van der Waals surface area contributed by atoms with Crippen LogP contribution in [0.5, 0.6) is 0 Å². The lowest BCUT2D eigenvalue weighted by Crippen LogP contribution is -2.51. The van der Waals surface area contributed by atoms with Gasteiger partial charge in [0.05, 0.1) is 12.2 Å². The van der Waals surface area contributed by atoms with Crippen LogP contribution in [0.25, 0.3) is 11.6 Å². The molecule has 1 saturated carbocycles. The van der Waals surface area contributed by atoms with Crippen molar-refractivity contribution < 1.29 is 13.7 Å². The van der Waals surface area contributed by atoms with Crippen LogP contribution in [0.3, 0.4) is 0 Å². The van der Waals surface area contributed by atoms with Gasteiger partial charge in [0.15, 0.2) is 5.76 Å². The number of nitrogens with zero attached hydrogens (tertiary/aromatic N) is 3. The topological polar surface area (TPSA) is 72.4 Å². The van der Waals surface area contributed by atoms with Crippen LogP contribution in [-0.2, 0) is 4.79 Å². The zero-order chi connectivity index (χ0) is 14.9. The molecule has 1 amide bonds. The number of likely N-dealkylation sites (tertiary alicyclic amines) is 1. The third-order valence-electron chi connectivity index (χ3n) is 4.68. The molecule has 2 aliphatic rings. The summed E-state index contributed by atoms with van der Waals surface area (Å²) in [5.74, 6) is 2.36. The average Bonchev–Trinajstić information content (AvgIpc) is 3.17. The van der Waals surface area contributed by atoms with Gasteiger partial charge in [0.25, 0.3) is 0 Å². The van der Waals surface area contributed by atoms with Gasteiger partial charge in [0, 0.05) is 19.0 Å². The summed E-state index contributed by atoms with van der Waals surface area (Å²) in [6.07, 6.45) is 7.31. The maximum atomic E-state index is 12.4. The lowest BCUT2D eigenvalue weighted by Gasteiger charge is -2.39. The van der Waals surface area contributed by atoms with Crippen molar-refractivity contribution in [3.63, 3.8) is 0 Å². The predicted molar refractivity (Wildman–Crippen MR) is 77.9 cm³/mol. The number of hydrogen-bond donors (Lipinski definition) is 0. The SMILES string of the molecule is O=C(C1CCCCC1)N1CC(c2nc(-c3ccco3)no2)C1. The Kier molecular flexibility index (Phi) is 3.44. The van der Waals surface area contributed by atoms with Gasteiger partial charge < -0.3 is 13.8 Å². The van der Waals surface area contributed by atoms with Crippen LogP contribution in [0.2, 0.25) is 0 Å². The molecule has 0 atom stereocenters. The molecule has 22 heavy (non-hydrogen) atoms. The van der Waals surface area contributed by atoms with Crippen molar-refractivity contribution in [1.29, 1.82) is 0 Å². The molecule has 1 saturated heterocycles. The van der Waals surface area contributed by atoms with Gasteiger partial charge in [-0.1, -0.05) is 24.4 Å². The van der Waals surface area contributed by atoms with E-state index in [4.69, 9.17) is 8.94 Å². The maximum absolute atomic E-state index is 12.4. The van der Waals surface area contributed by atoms with Crippen LogP contribution in [0.15, 0.2) is 27.3 Å². The fourth-order valence-corrected chi connectivity index (χ4v) is 3.33. The molecule has 1 aliphatic heterocycles. The third-order valence-corrected chi connectivity index (χ3v) is 4.68. The van der Waals surface area contributed by atoms with Gasteiger partial charge >= 0.3 is 0 Å². The average molecular weight is 301 g/mol. The molecule has 2 aromatic rings. The quantitative estimate of drug-likeness (QED) is 0.871. The van der Waals surface area contributed by atoms with Crippen molar-refractivity contribution in [3.8, 4) is 11.6 Å². The molecule has 0 radical (unpaired) electrons. The van der Waals surface area contributed by atoms with Gasteiger partial charge in [0.2, 0.25) is 17.6 Å². The Balaban J connectivity index is 1.36. The minimum absolute atomic E-state index is 0.156. The van der Waals surface area contributed by atoms with E-state index in [1.165, 1.54) is 19.3 Å². The lowest BCUT2D eigenvalue weighted by atomic mass is 9.86. The summed E-state index contributed by atoms with van der Waals surface area (Å²) in [5, 5.41) is 3.94. The van der Waals surface area contributed by atoms with Crippen molar-refractivity contribution in [1.82, 2.24) is 15.0 Å². The van der Waals surface area contributed by atoms with E-state index in [1.807, 2.05) is 4.90 Å². The van der Waals surface area contributed by atoms with Crippen molar-refractivity contribution in [2.45, 2.75) is 38.0 Å². The van der Waals surface area contributed by atoms with E-state index < -0.39 is 0 Å². The Hall–Kier alpha value is -2.11. The summed E-state index contributed by atoms with van der Waals surface area (Å²) < 4.78 is 10.6. The predicted octanol–water partition coefficient (Wildman–Crippen LogP) is 2.84. The number of aromatic nitrogens is 2. The van der Waals surface area contributed by atoms with E-state index in [0.717, 1.165) is 12.8 Å². The number of furan rings is 1. The Morgan fingerprint density at radius 1 is 1.23 bits per heavy atom. The van der Waals surface area contributed by atoms with Crippen LogP contribution < -0.4 is 0 Å². The normalized spacial score (nSPS) is 20.1. The second kappa shape index (κ2) is 5.59. The van der Waals surface area contributed by atoms with Crippen LogP contribution in [0, 0.1) is 5.92 Å². The molecular formula is C16H19N3O3. The van der Waals surface area contributed by atoms with Crippen LogP contribution >= 0.6 is 0 Å². The first-order chi connectivity index (χ1) is 10.8. The second-order valence-electron chi connectivity index (χ2n) is 6.21. The molecule has 0 spiro atoms. The highest BCUT2D eigenvalue weighted by Crippen LogP contribution is 2.32. The number of rotatable bonds is 3. The molecule has 0 N–H and O–H groups in total. The molecule has 4 rings (SSSR count). The van der Waals surface area contributed by atoms with Gasteiger partial charge in [-0.15, -0.1) is 0 Å². The standard InChI is InChI=1S/C16H19N3O3/c20-16(11-5-2-1-3-6-11)19-9-12(10-19)15-17-14(18-22-15)13-7-4-8-21-13/h4,7-8,11-12H,1-3,5-6,9-10H2. The van der Waals surface area contributed by atoms with Crippen LogP contribution in [0.4, 0.5) is 0 Å². The molecule has 6 nitrogen and oxygen atoms in total. The van der Waals surface area contributed by atoms with Crippen molar-refractivity contribution in [2.75, 3.05) is 13.1 Å². The monoisotopic (exact) mass is 301 g/mol. The minimum atomic E-state index is 0.156. The molecule has 0 bridgehead atoms. The largest absolute Gasteiger partial charge is 0.461 e. The van der Waals surface area contributed by atoms with Gasteiger partial charge in [-0.25, -0.2) is 0 Å². The number of carbonyl (C=O) groups is 1. The Labute approximate surface area is 128 Å². The number of carbonyl (C=O) groups excluding carboxylic acids is 1. The molecular weight excluding hydrogens is 282 g/mol. The summed E-state index contributed by atoms with van der Waals surface area (Å²) in [4.78, 5) is 18.7. The van der Waals surface area contributed by atoms with E-state index in [0.29, 0.717) is 36.5 Å². The van der Waals surface area contributed by atoms with Gasteiger partial charge in [0.1, 0.15) is 0 Å². The molecule has 6 heteroatoms. The highest BCUT2D eigenvalue weighted by Gasteiger charge is 2.38. The van der Waals surface area contributed by atoms with E-state index in [-0.39, 0.29) is 11.8 Å². The maximum Gasteiger partial charge on any atom is 0.238 e. The molecule has 1 aliphatic carbocycles. The van der Waals surface area contributed by atoms with Crippen molar-refractivity contribution in [3.05, 3.63) is 24.3 Å². The molecule has 116 valence electrons. The fraction of sp³-hybridized carbons (Fsp3) is 0.562. The molecule has 0 aromatic carbocycles. The van der Waals surface area contributed by atoms with Crippen LogP contribution in [-0.4, -0.2) is 34.0 Å². The zero-order valence-corrected chi connectivity index (χ0v) is 12.4. The molecule has 2 aromatic heterocycles. The summed E-state index contributed by atoms with van der Waals surface area (Å²) in [5.41, 5.74) is 0. The summed E-state index contributed by atoms with van der Waals surface area (Å²) in [6.45, 7) is 1.38. The zero-order valence-electron chi connectivity index (χ0n) is 12.4. The molecule has 0 unspecified atom stereocenters. The fourth-order valence-electron chi connectivity index (χ4n) is 3.33. The first-order valence-electron chi connectivity index (χ1n) is 7.97. The van der Waals surface area contributed by atoms with Gasteiger partial charge in [-0.3, -0.25) is 4.79 Å². The van der Waals surface area contributed by atoms with E-state index >= 15 is 0 Å². The summed E-state index contributed by atoms with van der Waals surface area (Å²) in [7, 11) is 0. The second-order valence-corrected chi connectivity index (χ2v) is 6.21. The summed E-state index contributed by atoms with van der Waals surface area (Å²) >= 11 is 0. The Bertz CT molecular complexity index is 637. The van der Waals surface area contributed by atoms with E-state index in [1.54, 1.807) is 18.4 Å². The van der Waals surface area contributed by atoms with Gasteiger partial charge in [-0.05, 0) is 25.0 Å². The van der Waals surface area contributed by atoms with Gasteiger partial charge in [-0.2, -0.15) is 4.98 Å². The number of amides is 1. The third kappa shape index (κ3) is 2.42. The first-order valence-corrected chi connectivity index (χ1v) is 7.97. The lowest BCUT2D eigenvalue weighted by molar-refractivity contribution is -0.141. The van der Waals surface area contributed by atoms with Crippen LogP contribution in [0.1, 0.15) is 43.9 Å². The minimum Gasteiger partial charge on any atom is -0.461 e. The highest BCUT2D eigenvalue weighted by molar-refractivity contribution is 5.80. The Morgan fingerprint density at radius 2 is 2.05 bits per heavy atom. The van der Waals surface area contributed by atoms with Crippen molar-refractivity contribution in [2.24, 2.45) is 5.92 Å².